The quantitative estimate of drug-likeness (QED) is 0.870. The Balaban J connectivity index is 2.36. The molecule has 0 aromatic carbocycles. The van der Waals surface area contributed by atoms with Gasteiger partial charge < -0.3 is 5.73 Å². The summed E-state index contributed by atoms with van der Waals surface area (Å²) < 4.78 is 3.95. The number of nitrogens with two attached hydrogens (primary N) is 1. The lowest BCUT2D eigenvalue weighted by atomic mass is 10.1. The standard InChI is InChI=1S/C12H16BrN5O/c1-7(2)18-11(9(13)5-16-18)12(19)10(14)8-4-15-17(3)6-8/h4-7,10H,14H2,1-3H3. The van der Waals surface area contributed by atoms with Crippen molar-refractivity contribution >= 4 is 21.7 Å². The summed E-state index contributed by atoms with van der Waals surface area (Å²) in [4.78, 5) is 12.5. The van der Waals surface area contributed by atoms with E-state index in [2.05, 4.69) is 26.1 Å². The van der Waals surface area contributed by atoms with Crippen LogP contribution in [0.2, 0.25) is 0 Å². The third-order valence-corrected chi connectivity index (χ3v) is 3.42. The van der Waals surface area contributed by atoms with E-state index in [1.165, 1.54) is 0 Å². The Bertz CT molecular complexity index is 601. The molecular weight excluding hydrogens is 310 g/mol. The van der Waals surface area contributed by atoms with Gasteiger partial charge >= 0.3 is 0 Å². The second kappa shape index (κ2) is 5.26. The summed E-state index contributed by atoms with van der Waals surface area (Å²) in [7, 11) is 1.79. The van der Waals surface area contributed by atoms with Crippen molar-refractivity contribution in [1.82, 2.24) is 19.6 Å². The summed E-state index contributed by atoms with van der Waals surface area (Å²) in [6, 6.07) is -0.648. The second-order valence-electron chi connectivity index (χ2n) is 4.67. The van der Waals surface area contributed by atoms with E-state index in [0.717, 1.165) is 0 Å². The van der Waals surface area contributed by atoms with Gasteiger partial charge in [-0.1, -0.05) is 0 Å². The number of hydrogen-bond acceptors (Lipinski definition) is 4. The fraction of sp³-hybridized carbons (Fsp3) is 0.417. The minimum absolute atomic E-state index is 0.0892. The van der Waals surface area contributed by atoms with Crippen LogP contribution < -0.4 is 5.73 Å². The molecule has 0 spiro atoms. The SMILES string of the molecule is CC(C)n1ncc(Br)c1C(=O)C(N)c1cnn(C)c1. The van der Waals surface area contributed by atoms with Crippen LogP contribution in [0.1, 0.15) is 42.0 Å². The van der Waals surface area contributed by atoms with Crippen molar-refractivity contribution in [2.24, 2.45) is 12.8 Å². The number of ketones is 1. The molecule has 2 rings (SSSR count). The molecule has 0 bridgehead atoms. The van der Waals surface area contributed by atoms with Crippen LogP contribution in [0.25, 0.3) is 0 Å². The van der Waals surface area contributed by atoms with Crippen LogP contribution >= 0.6 is 15.9 Å². The van der Waals surface area contributed by atoms with Gasteiger partial charge in [0.05, 0.1) is 22.9 Å². The number of halogens is 1. The van der Waals surface area contributed by atoms with Gasteiger partial charge in [-0.2, -0.15) is 10.2 Å². The first-order chi connectivity index (χ1) is 8.91. The van der Waals surface area contributed by atoms with Gasteiger partial charge in [-0.05, 0) is 29.8 Å². The zero-order valence-electron chi connectivity index (χ0n) is 11.0. The van der Waals surface area contributed by atoms with Crippen LogP contribution in [-0.4, -0.2) is 25.3 Å². The van der Waals surface area contributed by atoms with E-state index in [1.54, 1.807) is 35.0 Å². The number of aryl methyl sites for hydroxylation is 1. The monoisotopic (exact) mass is 325 g/mol. The highest BCUT2D eigenvalue weighted by Crippen LogP contribution is 2.24. The summed E-state index contributed by atoms with van der Waals surface area (Å²) in [5, 5.41) is 8.22. The molecule has 2 N–H and O–H groups in total. The minimum atomic E-state index is -0.737. The Morgan fingerprint density at radius 1 is 1.37 bits per heavy atom. The van der Waals surface area contributed by atoms with E-state index in [9.17, 15) is 4.79 Å². The Morgan fingerprint density at radius 2 is 2.05 bits per heavy atom. The molecule has 2 aromatic heterocycles. The molecule has 6 nitrogen and oxygen atoms in total. The topological polar surface area (TPSA) is 78.7 Å². The number of Topliss-reactive ketones (excluding diaryl/α,β-unsaturated/α-hetero) is 1. The molecule has 0 aliphatic carbocycles. The number of rotatable bonds is 4. The van der Waals surface area contributed by atoms with Crippen LogP contribution in [-0.2, 0) is 7.05 Å². The van der Waals surface area contributed by atoms with Gasteiger partial charge in [0, 0.05) is 24.8 Å². The van der Waals surface area contributed by atoms with Gasteiger partial charge in [-0.15, -0.1) is 0 Å². The zero-order chi connectivity index (χ0) is 14.2. The number of carbonyl (C=O) groups excluding carboxylic acids is 1. The molecule has 1 unspecified atom stereocenters. The first kappa shape index (κ1) is 14.0. The lowest BCUT2D eigenvalue weighted by Gasteiger charge is -2.13. The molecule has 0 aliphatic rings. The predicted molar refractivity (Wildman–Crippen MR) is 74.8 cm³/mol. The molecule has 0 saturated heterocycles. The second-order valence-corrected chi connectivity index (χ2v) is 5.52. The molecule has 0 saturated carbocycles. The highest BCUT2D eigenvalue weighted by molar-refractivity contribution is 9.10. The van der Waals surface area contributed by atoms with E-state index < -0.39 is 6.04 Å². The van der Waals surface area contributed by atoms with Crippen molar-refractivity contribution in [3.05, 3.63) is 34.3 Å². The van der Waals surface area contributed by atoms with Crippen LogP contribution in [0.5, 0.6) is 0 Å². The first-order valence-corrected chi connectivity index (χ1v) is 6.72. The summed E-state index contributed by atoms with van der Waals surface area (Å²) in [5.41, 5.74) is 7.20. The number of nitrogens with zero attached hydrogens (tertiary/aromatic N) is 4. The van der Waals surface area contributed by atoms with Gasteiger partial charge in [0.1, 0.15) is 5.69 Å². The van der Waals surface area contributed by atoms with Gasteiger partial charge in [0.15, 0.2) is 0 Å². The van der Waals surface area contributed by atoms with E-state index in [4.69, 9.17) is 5.73 Å². The van der Waals surface area contributed by atoms with E-state index in [0.29, 0.717) is 15.7 Å². The van der Waals surface area contributed by atoms with Crippen molar-refractivity contribution in [2.75, 3.05) is 0 Å². The highest BCUT2D eigenvalue weighted by atomic mass is 79.9. The number of aromatic nitrogens is 4. The van der Waals surface area contributed by atoms with Crippen molar-refractivity contribution in [3.8, 4) is 0 Å². The predicted octanol–water partition coefficient (Wildman–Crippen LogP) is 1.84. The van der Waals surface area contributed by atoms with Crippen LogP contribution in [0.4, 0.5) is 0 Å². The van der Waals surface area contributed by atoms with Crippen molar-refractivity contribution in [3.63, 3.8) is 0 Å². The Labute approximate surface area is 119 Å². The number of hydrogen-bond donors (Lipinski definition) is 1. The summed E-state index contributed by atoms with van der Waals surface area (Å²) in [6.07, 6.45) is 4.96. The van der Waals surface area contributed by atoms with Gasteiger partial charge in [0.25, 0.3) is 0 Å². The molecule has 0 aliphatic heterocycles. The third-order valence-electron chi connectivity index (χ3n) is 2.84. The molecule has 2 aromatic rings. The molecule has 102 valence electrons. The van der Waals surface area contributed by atoms with E-state index >= 15 is 0 Å². The average Bonchev–Trinajstić information content (AvgIpc) is 2.93. The van der Waals surface area contributed by atoms with Crippen molar-refractivity contribution in [1.29, 1.82) is 0 Å². The molecule has 0 amide bonds. The lowest BCUT2D eigenvalue weighted by Crippen LogP contribution is -2.25. The zero-order valence-corrected chi connectivity index (χ0v) is 12.6. The molecule has 19 heavy (non-hydrogen) atoms. The smallest absolute Gasteiger partial charge is 0.203 e. The Morgan fingerprint density at radius 3 is 2.58 bits per heavy atom. The normalized spacial score (nSPS) is 12.9. The maximum Gasteiger partial charge on any atom is 0.203 e. The van der Waals surface area contributed by atoms with Crippen molar-refractivity contribution in [2.45, 2.75) is 25.9 Å². The molecule has 7 heteroatoms. The highest BCUT2D eigenvalue weighted by Gasteiger charge is 2.26. The fourth-order valence-electron chi connectivity index (χ4n) is 1.86. The van der Waals surface area contributed by atoms with E-state index in [1.807, 2.05) is 13.8 Å². The third kappa shape index (κ3) is 2.62. The average molecular weight is 326 g/mol. The van der Waals surface area contributed by atoms with E-state index in [-0.39, 0.29) is 11.8 Å². The molecule has 1 atom stereocenters. The summed E-state index contributed by atoms with van der Waals surface area (Å²) >= 11 is 3.35. The minimum Gasteiger partial charge on any atom is -0.317 e. The summed E-state index contributed by atoms with van der Waals surface area (Å²) in [5.74, 6) is -0.175. The Kier molecular flexibility index (Phi) is 3.86. The van der Waals surface area contributed by atoms with Crippen LogP contribution in [0.3, 0.4) is 0 Å². The summed E-state index contributed by atoms with van der Waals surface area (Å²) in [6.45, 7) is 3.93. The first-order valence-electron chi connectivity index (χ1n) is 5.93. The maximum atomic E-state index is 12.5. The maximum absolute atomic E-state index is 12.5. The molecule has 0 fully saturated rings. The Hall–Kier alpha value is -1.47. The fourth-order valence-corrected chi connectivity index (χ4v) is 2.33. The van der Waals surface area contributed by atoms with Crippen molar-refractivity contribution < 1.29 is 4.79 Å². The molecule has 2 heterocycles. The van der Waals surface area contributed by atoms with Gasteiger partial charge in [-0.3, -0.25) is 14.2 Å². The van der Waals surface area contributed by atoms with Crippen LogP contribution in [0.15, 0.2) is 23.1 Å². The lowest BCUT2D eigenvalue weighted by molar-refractivity contribution is 0.0948. The molecular formula is C12H16BrN5O. The van der Waals surface area contributed by atoms with Gasteiger partial charge in [-0.25, -0.2) is 0 Å². The van der Waals surface area contributed by atoms with Crippen LogP contribution in [0, 0.1) is 0 Å². The molecule has 0 radical (unpaired) electrons. The largest absolute Gasteiger partial charge is 0.317 e. The number of carbonyl (C=O) groups is 1. The van der Waals surface area contributed by atoms with Gasteiger partial charge in [0.2, 0.25) is 5.78 Å².